The summed E-state index contributed by atoms with van der Waals surface area (Å²) in [6, 6.07) is 8.63. The van der Waals surface area contributed by atoms with Crippen LogP contribution in [0.5, 0.6) is 0 Å². The highest BCUT2D eigenvalue weighted by atomic mass is 35.5. The summed E-state index contributed by atoms with van der Waals surface area (Å²) in [5, 5.41) is -1.51. The van der Waals surface area contributed by atoms with Gasteiger partial charge in [0, 0.05) is 12.0 Å². The minimum absolute atomic E-state index is 0.0233. The van der Waals surface area contributed by atoms with E-state index in [1.165, 1.54) is 0 Å². The molecule has 4 nitrogen and oxygen atoms in total. The normalized spacial score (nSPS) is 30.5. The number of benzene rings is 1. The second-order valence-corrected chi connectivity index (χ2v) is 5.19. The Morgan fingerprint density at radius 3 is 2.63 bits per heavy atom. The Morgan fingerprint density at radius 1 is 1.37 bits per heavy atom. The minimum Gasteiger partial charge on any atom is -0.344 e. The fourth-order valence-electron chi connectivity index (χ4n) is 2.00. The lowest BCUT2D eigenvalue weighted by Crippen LogP contribution is -2.33. The smallest absolute Gasteiger partial charge is 0.210 e. The van der Waals surface area contributed by atoms with Crippen LogP contribution in [-0.4, -0.2) is 29.7 Å². The van der Waals surface area contributed by atoms with E-state index in [0.29, 0.717) is 5.56 Å². The third-order valence-corrected chi connectivity index (χ3v) is 3.70. The molecule has 104 valence electrons. The molecule has 0 bridgehead atoms. The van der Waals surface area contributed by atoms with Crippen LogP contribution >= 0.6 is 35.3 Å². The number of carbonyl (C=O) groups is 1. The fourth-order valence-corrected chi connectivity index (χ4v) is 2.68. The lowest BCUT2D eigenvalue weighted by molar-refractivity contribution is -0.0157. The van der Waals surface area contributed by atoms with Crippen molar-refractivity contribution < 1.29 is 18.1 Å². The molecule has 0 spiro atoms. The van der Waals surface area contributed by atoms with Crippen molar-refractivity contribution in [1.82, 2.24) is 0 Å². The first-order valence-corrected chi connectivity index (χ1v) is 6.58. The molecule has 0 radical (unpaired) electrons. The number of carbonyl (C=O) groups excluding carboxylic acids is 1. The molecule has 0 unspecified atom stereocenters. The van der Waals surface area contributed by atoms with E-state index in [0.717, 1.165) is 0 Å². The van der Waals surface area contributed by atoms with E-state index in [1.54, 1.807) is 24.3 Å². The van der Waals surface area contributed by atoms with Gasteiger partial charge in [0.2, 0.25) is 10.8 Å². The summed E-state index contributed by atoms with van der Waals surface area (Å²) in [6.07, 6.45) is -1.04. The molecule has 1 saturated heterocycles. The van der Waals surface area contributed by atoms with Gasteiger partial charge in [-0.2, -0.15) is 0 Å². The first kappa shape index (κ1) is 15.0. The van der Waals surface area contributed by atoms with Gasteiger partial charge in [0.25, 0.3) is 0 Å². The predicted molar refractivity (Wildman–Crippen MR) is 71.4 cm³/mol. The Balaban J connectivity index is 2.17. The topological polar surface area (TPSA) is 44.8 Å². The van der Waals surface area contributed by atoms with Crippen molar-refractivity contribution in [2.24, 2.45) is 0 Å². The van der Waals surface area contributed by atoms with Crippen LogP contribution in [0.15, 0.2) is 30.3 Å². The lowest BCUT2D eigenvalue weighted by Gasteiger charge is -2.20. The average molecular weight is 326 g/mol. The van der Waals surface area contributed by atoms with E-state index < -0.39 is 17.3 Å². The monoisotopic (exact) mass is 324 g/mol. The summed E-state index contributed by atoms with van der Waals surface area (Å²) in [4.78, 5) is 12.4. The number of hydrogen-bond donors (Lipinski definition) is 0. The maximum atomic E-state index is 12.4. The van der Waals surface area contributed by atoms with Gasteiger partial charge in [0.15, 0.2) is 0 Å². The van der Waals surface area contributed by atoms with Gasteiger partial charge in [-0.25, -0.2) is 0 Å². The minimum atomic E-state index is -1.51. The zero-order valence-corrected chi connectivity index (χ0v) is 12.0. The predicted octanol–water partition coefficient (Wildman–Crippen LogP) is 3.30. The molecular weight excluding hydrogens is 314 g/mol. The summed E-state index contributed by atoms with van der Waals surface area (Å²) < 4.78 is 14.7. The second-order valence-electron chi connectivity index (χ2n) is 4.19. The van der Waals surface area contributed by atoms with E-state index in [9.17, 15) is 4.79 Å². The molecule has 1 fully saturated rings. The standard InChI is InChI=1S/C12H11Cl3O4/c13-12(11(16)8-4-2-1-3-5-8)6-9(19-15)10(18-12)7-17-14/h1-5,9-10H,6-7H2/t9-,10+,12+/m0/s1. The largest absolute Gasteiger partial charge is 0.344 e. The number of ketones is 1. The Morgan fingerprint density at radius 2 is 2.05 bits per heavy atom. The number of Topliss-reactive ketones (excluding diaryl/α,β-unsaturated/α-hetero) is 1. The number of rotatable bonds is 5. The van der Waals surface area contributed by atoms with Gasteiger partial charge in [-0.05, 0) is 0 Å². The quantitative estimate of drug-likeness (QED) is 0.615. The molecule has 1 aromatic rings. The summed E-state index contributed by atoms with van der Waals surface area (Å²) in [7, 11) is 0. The third kappa shape index (κ3) is 3.21. The van der Waals surface area contributed by atoms with Crippen LogP contribution in [0.3, 0.4) is 0 Å². The van der Waals surface area contributed by atoms with Gasteiger partial charge < -0.3 is 4.74 Å². The van der Waals surface area contributed by atoms with Crippen LogP contribution in [0.1, 0.15) is 16.8 Å². The molecule has 0 saturated carbocycles. The molecule has 0 aliphatic carbocycles. The Labute approximate surface area is 125 Å². The van der Waals surface area contributed by atoms with Crippen LogP contribution in [0.25, 0.3) is 0 Å². The molecule has 0 aromatic heterocycles. The molecule has 1 aliphatic rings. The van der Waals surface area contributed by atoms with Crippen LogP contribution < -0.4 is 0 Å². The van der Waals surface area contributed by atoms with Crippen molar-refractivity contribution in [2.45, 2.75) is 23.7 Å². The molecule has 1 aliphatic heterocycles. The van der Waals surface area contributed by atoms with E-state index in [1.807, 2.05) is 6.07 Å². The van der Waals surface area contributed by atoms with Crippen LogP contribution in [0.2, 0.25) is 0 Å². The van der Waals surface area contributed by atoms with Crippen molar-refractivity contribution in [3.63, 3.8) is 0 Å². The van der Waals surface area contributed by atoms with Crippen LogP contribution in [-0.2, 0) is 13.3 Å². The van der Waals surface area contributed by atoms with Gasteiger partial charge in [-0.15, -0.1) is 0 Å². The molecule has 0 amide bonds. The van der Waals surface area contributed by atoms with Gasteiger partial charge >= 0.3 is 0 Å². The van der Waals surface area contributed by atoms with Crippen molar-refractivity contribution in [3.8, 4) is 0 Å². The summed E-state index contributed by atoms with van der Waals surface area (Å²) >= 11 is 16.8. The SMILES string of the molecule is O=C(c1ccccc1)[C@@]1(Cl)C[C@H](OCl)[C@@H](COCl)O1. The van der Waals surface area contributed by atoms with Gasteiger partial charge in [-0.3, -0.25) is 13.4 Å². The van der Waals surface area contributed by atoms with E-state index >= 15 is 0 Å². The maximum absolute atomic E-state index is 12.4. The first-order chi connectivity index (χ1) is 9.10. The van der Waals surface area contributed by atoms with Gasteiger partial charge in [-0.1, -0.05) is 41.9 Å². The highest BCUT2D eigenvalue weighted by Crippen LogP contribution is 2.39. The maximum Gasteiger partial charge on any atom is 0.210 e. The molecule has 1 aromatic carbocycles. The molecule has 7 heteroatoms. The fraction of sp³-hybridized carbons (Fsp3) is 0.417. The van der Waals surface area contributed by atoms with E-state index in [-0.39, 0.29) is 18.8 Å². The number of hydrogen-bond acceptors (Lipinski definition) is 4. The Bertz CT molecular complexity index is 442. The number of halogens is 3. The van der Waals surface area contributed by atoms with Crippen molar-refractivity contribution >= 4 is 41.1 Å². The summed E-state index contributed by atoms with van der Waals surface area (Å²) in [5.41, 5.74) is 0.457. The van der Waals surface area contributed by atoms with E-state index in [4.69, 9.17) is 44.4 Å². The molecular formula is C12H11Cl3O4. The molecule has 2 rings (SSSR count). The van der Waals surface area contributed by atoms with Gasteiger partial charge in [0.05, 0.1) is 30.3 Å². The van der Waals surface area contributed by atoms with Gasteiger partial charge in [0.1, 0.15) is 12.2 Å². The highest BCUT2D eigenvalue weighted by molar-refractivity contribution is 6.37. The van der Waals surface area contributed by atoms with Crippen molar-refractivity contribution in [1.29, 1.82) is 0 Å². The highest BCUT2D eigenvalue weighted by Gasteiger charge is 2.51. The van der Waals surface area contributed by atoms with Crippen LogP contribution in [0.4, 0.5) is 0 Å². The zero-order chi connectivity index (χ0) is 13.9. The zero-order valence-electron chi connectivity index (χ0n) is 9.72. The summed E-state index contributed by atoms with van der Waals surface area (Å²) in [6.45, 7) is 0.0233. The molecule has 0 N–H and O–H groups in total. The molecule has 1 heterocycles. The first-order valence-electron chi connectivity index (χ1n) is 5.58. The van der Waals surface area contributed by atoms with Crippen molar-refractivity contribution in [3.05, 3.63) is 35.9 Å². The average Bonchev–Trinajstić information content (AvgIpc) is 2.77. The Kier molecular flexibility index (Phi) is 5.06. The second kappa shape index (κ2) is 6.39. The number of alkyl halides is 1. The molecule has 19 heavy (non-hydrogen) atoms. The van der Waals surface area contributed by atoms with E-state index in [2.05, 4.69) is 4.29 Å². The molecule has 3 atom stereocenters. The Hall–Kier alpha value is -0.360. The number of ether oxygens (including phenoxy) is 1. The lowest BCUT2D eigenvalue weighted by atomic mass is 10.0. The van der Waals surface area contributed by atoms with Crippen LogP contribution in [0, 0.1) is 0 Å². The third-order valence-electron chi connectivity index (χ3n) is 2.93. The van der Waals surface area contributed by atoms with Crippen molar-refractivity contribution in [2.75, 3.05) is 6.61 Å². The summed E-state index contributed by atoms with van der Waals surface area (Å²) in [5.74, 6) is -0.342.